The van der Waals surface area contributed by atoms with Crippen LogP contribution in [-0.2, 0) is 10.0 Å². The van der Waals surface area contributed by atoms with Crippen molar-refractivity contribution in [1.82, 2.24) is 4.72 Å². The van der Waals surface area contributed by atoms with Crippen LogP contribution in [0.15, 0.2) is 0 Å². The fourth-order valence-electron chi connectivity index (χ4n) is 2.11. The van der Waals surface area contributed by atoms with E-state index < -0.39 is 10.0 Å². The quantitative estimate of drug-likeness (QED) is 0.736. The Hall–Kier alpha value is -0.0900. The van der Waals surface area contributed by atoms with Crippen LogP contribution in [0.2, 0.25) is 0 Å². The highest BCUT2D eigenvalue weighted by molar-refractivity contribution is 7.89. The van der Waals surface area contributed by atoms with Crippen LogP contribution >= 0.6 is 0 Å². The fourth-order valence-corrected chi connectivity index (χ4v) is 4.18. The van der Waals surface area contributed by atoms with Crippen LogP contribution in [-0.4, -0.2) is 20.7 Å². The molecule has 0 aromatic heterocycles. The first kappa shape index (κ1) is 11.0. The molecule has 1 rings (SSSR count). The van der Waals surface area contributed by atoms with E-state index in [2.05, 4.69) is 32.4 Å². The van der Waals surface area contributed by atoms with Gasteiger partial charge in [-0.15, -0.1) is 0 Å². The molecule has 1 saturated heterocycles. The smallest absolute Gasteiger partial charge is 0.212 e. The first-order chi connectivity index (χ1) is 5.80. The van der Waals surface area contributed by atoms with Crippen LogP contribution < -0.4 is 4.72 Å². The van der Waals surface area contributed by atoms with E-state index in [-0.39, 0.29) is 11.2 Å². The minimum Gasteiger partial charge on any atom is -0.215 e. The Morgan fingerprint density at radius 2 is 1.62 bits per heavy atom. The second-order valence-corrected chi connectivity index (χ2v) is 6.43. The van der Waals surface area contributed by atoms with Crippen LogP contribution in [0.3, 0.4) is 0 Å². The van der Waals surface area contributed by atoms with Gasteiger partial charge in [-0.3, -0.25) is 0 Å². The topological polar surface area (TPSA) is 46.2 Å². The van der Waals surface area contributed by atoms with Gasteiger partial charge in [0.15, 0.2) is 0 Å². The first-order valence-corrected chi connectivity index (χ1v) is 6.43. The molecule has 1 heterocycles. The van der Waals surface area contributed by atoms with Crippen molar-refractivity contribution in [1.29, 1.82) is 0 Å². The largest absolute Gasteiger partial charge is 0.215 e. The summed E-state index contributed by atoms with van der Waals surface area (Å²) >= 11 is 0. The molecule has 13 heavy (non-hydrogen) atoms. The molecule has 0 atom stereocenters. The lowest BCUT2D eigenvalue weighted by molar-refractivity contribution is 0.160. The zero-order valence-electron chi connectivity index (χ0n) is 8.79. The van der Waals surface area contributed by atoms with Crippen LogP contribution in [0.5, 0.6) is 0 Å². The summed E-state index contributed by atoms with van der Waals surface area (Å²) in [5, 5.41) is 0. The van der Waals surface area contributed by atoms with Gasteiger partial charge >= 0.3 is 0 Å². The molecule has 0 aromatic carbocycles. The molecule has 0 bridgehead atoms. The number of rotatable bonds is 2. The Kier molecular flexibility index (Phi) is 2.74. The molecule has 0 amide bonds. The van der Waals surface area contributed by atoms with Crippen LogP contribution in [0.25, 0.3) is 0 Å². The Morgan fingerprint density at radius 1 is 1.15 bits per heavy atom. The van der Waals surface area contributed by atoms with Crippen molar-refractivity contribution in [3.05, 3.63) is 0 Å². The highest BCUT2D eigenvalue weighted by atomic mass is 32.2. The van der Waals surface area contributed by atoms with Gasteiger partial charge in [-0.25, -0.2) is 13.1 Å². The lowest BCUT2D eigenvalue weighted by atomic mass is 9.70. The Bertz CT molecular complexity index is 272. The summed E-state index contributed by atoms with van der Waals surface area (Å²) in [6.07, 6.45) is 0. The standard InChI is InChI=1S/C9H19NO2S/c1-7(2)9(8(3)4)5-10-13(11,12)6-9/h7-8,10H,5-6H2,1-4H3. The van der Waals surface area contributed by atoms with Crippen molar-refractivity contribution >= 4 is 10.0 Å². The van der Waals surface area contributed by atoms with Crippen molar-refractivity contribution in [3.8, 4) is 0 Å². The molecular formula is C9H19NO2S. The summed E-state index contributed by atoms with van der Waals surface area (Å²) in [5.41, 5.74) is -0.0706. The lowest BCUT2D eigenvalue weighted by Crippen LogP contribution is -2.37. The van der Waals surface area contributed by atoms with Crippen LogP contribution in [0, 0.1) is 17.3 Å². The summed E-state index contributed by atoms with van der Waals surface area (Å²) < 4.78 is 25.3. The summed E-state index contributed by atoms with van der Waals surface area (Å²) in [7, 11) is -2.99. The van der Waals surface area contributed by atoms with Gasteiger partial charge in [0.25, 0.3) is 0 Å². The third kappa shape index (κ3) is 1.89. The van der Waals surface area contributed by atoms with Gasteiger partial charge in [0, 0.05) is 12.0 Å². The third-order valence-corrected chi connectivity index (χ3v) is 4.88. The molecule has 0 spiro atoms. The molecule has 4 heteroatoms. The normalized spacial score (nSPS) is 25.7. The molecule has 1 aliphatic heterocycles. The van der Waals surface area contributed by atoms with Crippen molar-refractivity contribution < 1.29 is 8.42 Å². The zero-order valence-corrected chi connectivity index (χ0v) is 9.61. The molecule has 0 saturated carbocycles. The second-order valence-electron chi connectivity index (χ2n) is 4.62. The van der Waals surface area contributed by atoms with Gasteiger partial charge in [-0.1, -0.05) is 27.7 Å². The summed E-state index contributed by atoms with van der Waals surface area (Å²) in [6, 6.07) is 0. The maximum Gasteiger partial charge on any atom is 0.212 e. The van der Waals surface area contributed by atoms with E-state index >= 15 is 0 Å². The van der Waals surface area contributed by atoms with E-state index in [9.17, 15) is 8.42 Å². The number of hydrogen-bond acceptors (Lipinski definition) is 2. The third-order valence-electron chi connectivity index (χ3n) is 3.38. The van der Waals surface area contributed by atoms with Crippen molar-refractivity contribution in [2.75, 3.05) is 12.3 Å². The molecule has 1 fully saturated rings. The minimum atomic E-state index is -2.99. The van der Waals surface area contributed by atoms with Crippen LogP contribution in [0.1, 0.15) is 27.7 Å². The molecule has 0 aromatic rings. The van der Waals surface area contributed by atoms with E-state index in [1.165, 1.54) is 0 Å². The average Bonchev–Trinajstić information content (AvgIpc) is 2.27. The second kappa shape index (κ2) is 3.24. The monoisotopic (exact) mass is 205 g/mol. The Labute approximate surface area is 81.0 Å². The van der Waals surface area contributed by atoms with E-state index in [4.69, 9.17) is 0 Å². The van der Waals surface area contributed by atoms with Gasteiger partial charge < -0.3 is 0 Å². The zero-order chi connectivity index (χ0) is 10.3. The molecule has 1 aliphatic rings. The van der Waals surface area contributed by atoms with E-state index in [1.807, 2.05) is 0 Å². The number of sulfonamides is 1. The van der Waals surface area contributed by atoms with Gasteiger partial charge in [0.05, 0.1) is 5.75 Å². The highest BCUT2D eigenvalue weighted by Crippen LogP contribution is 2.39. The summed E-state index contributed by atoms with van der Waals surface area (Å²) in [5.74, 6) is 1.09. The predicted octanol–water partition coefficient (Wildman–Crippen LogP) is 1.22. The molecule has 1 N–H and O–H groups in total. The van der Waals surface area contributed by atoms with Crippen molar-refractivity contribution in [2.24, 2.45) is 17.3 Å². The lowest BCUT2D eigenvalue weighted by Gasteiger charge is -2.35. The van der Waals surface area contributed by atoms with Crippen LogP contribution in [0.4, 0.5) is 0 Å². The van der Waals surface area contributed by atoms with E-state index in [0.717, 1.165) is 0 Å². The highest BCUT2D eigenvalue weighted by Gasteiger charge is 2.46. The molecule has 0 unspecified atom stereocenters. The van der Waals surface area contributed by atoms with Crippen molar-refractivity contribution in [2.45, 2.75) is 27.7 Å². The Balaban J connectivity index is 2.97. The molecule has 78 valence electrons. The van der Waals surface area contributed by atoms with Gasteiger partial charge in [-0.2, -0.15) is 0 Å². The number of hydrogen-bond donors (Lipinski definition) is 1. The molecule has 0 aliphatic carbocycles. The SMILES string of the molecule is CC(C)C1(C(C)C)CNS(=O)(=O)C1. The molecular weight excluding hydrogens is 186 g/mol. The maximum absolute atomic E-state index is 11.3. The average molecular weight is 205 g/mol. The van der Waals surface area contributed by atoms with Gasteiger partial charge in [-0.05, 0) is 11.8 Å². The molecule has 3 nitrogen and oxygen atoms in total. The molecule has 0 radical (unpaired) electrons. The fraction of sp³-hybridized carbons (Fsp3) is 1.00. The predicted molar refractivity (Wildman–Crippen MR) is 53.9 cm³/mol. The van der Waals surface area contributed by atoms with E-state index in [1.54, 1.807) is 0 Å². The minimum absolute atomic E-state index is 0.0706. The summed E-state index contributed by atoms with van der Waals surface area (Å²) in [6.45, 7) is 9.00. The first-order valence-electron chi connectivity index (χ1n) is 4.77. The summed E-state index contributed by atoms with van der Waals surface area (Å²) in [4.78, 5) is 0. The van der Waals surface area contributed by atoms with E-state index in [0.29, 0.717) is 18.4 Å². The Morgan fingerprint density at radius 3 is 1.77 bits per heavy atom. The van der Waals surface area contributed by atoms with Gasteiger partial charge in [0.1, 0.15) is 0 Å². The number of nitrogens with one attached hydrogen (secondary N) is 1. The van der Waals surface area contributed by atoms with Gasteiger partial charge in [0.2, 0.25) is 10.0 Å². The maximum atomic E-state index is 11.3. The van der Waals surface area contributed by atoms with Crippen molar-refractivity contribution in [3.63, 3.8) is 0 Å².